The highest BCUT2D eigenvalue weighted by Gasteiger charge is 2.38. The van der Waals surface area contributed by atoms with Crippen LogP contribution in [0.25, 0.3) is 5.57 Å². The van der Waals surface area contributed by atoms with E-state index < -0.39 is 5.72 Å². The van der Waals surface area contributed by atoms with E-state index in [-0.39, 0.29) is 17.4 Å². The van der Waals surface area contributed by atoms with Gasteiger partial charge in [-0.2, -0.15) is 0 Å². The predicted octanol–water partition coefficient (Wildman–Crippen LogP) is 5.30. The summed E-state index contributed by atoms with van der Waals surface area (Å²) in [6.07, 6.45) is 7.25. The topological polar surface area (TPSA) is 70.0 Å². The summed E-state index contributed by atoms with van der Waals surface area (Å²) < 4.78 is 6.13. The van der Waals surface area contributed by atoms with Gasteiger partial charge in [0.2, 0.25) is 5.91 Å². The van der Waals surface area contributed by atoms with Crippen molar-refractivity contribution in [2.45, 2.75) is 65.0 Å². The summed E-state index contributed by atoms with van der Waals surface area (Å²) in [7, 11) is 0. The Morgan fingerprint density at radius 2 is 2.07 bits per heavy atom. The molecule has 1 saturated heterocycles. The number of ether oxygens (including phenoxy) is 1. The number of rotatable bonds is 5. The molecule has 1 atom stereocenters. The summed E-state index contributed by atoms with van der Waals surface area (Å²) in [5.41, 5.74) is 4.46. The summed E-state index contributed by atoms with van der Waals surface area (Å²) in [6.45, 7) is 11.5. The van der Waals surface area contributed by atoms with E-state index in [9.17, 15) is 15.0 Å². The Morgan fingerprint density at radius 3 is 2.77 bits per heavy atom. The summed E-state index contributed by atoms with van der Waals surface area (Å²) >= 11 is 0. The summed E-state index contributed by atoms with van der Waals surface area (Å²) in [6, 6.07) is 4.38. The Bertz CT molecular complexity index is 898. The maximum atomic E-state index is 13.2. The van der Waals surface area contributed by atoms with E-state index in [1.165, 1.54) is 35.3 Å². The van der Waals surface area contributed by atoms with Gasteiger partial charge in [-0.1, -0.05) is 17.7 Å². The lowest BCUT2D eigenvalue weighted by Crippen LogP contribution is -2.55. The minimum absolute atomic E-state index is 0.0127. The standard InChI is InChI=1S/C25H33NO4/c1-17-7-5-8-18(2)21(17)11-12-25(4)26(13-6-14-30-25)24(29)15-19(3)22-10-9-20(27)16-23(22)28/h9-10,15-16,27-28H,1,5-8,11-14H2,2-4H3/b19-15+. The van der Waals surface area contributed by atoms with Crippen LogP contribution in [0, 0.1) is 0 Å². The molecule has 1 amide bonds. The molecule has 2 aliphatic rings. The SMILES string of the molecule is C=C1CCCC(C)=C1CCC1(C)OCCCN1C(=O)/C=C(\C)c1ccc(O)cc1O. The van der Waals surface area contributed by atoms with Gasteiger partial charge in [0.05, 0.1) is 6.61 Å². The number of nitrogens with zero attached hydrogens (tertiary/aromatic N) is 1. The number of benzene rings is 1. The third kappa shape index (κ3) is 4.78. The van der Waals surface area contributed by atoms with Crippen LogP contribution in [0.1, 0.15) is 64.9 Å². The number of amides is 1. The van der Waals surface area contributed by atoms with E-state index in [4.69, 9.17) is 4.74 Å². The number of aromatic hydroxyl groups is 2. The first-order valence-corrected chi connectivity index (χ1v) is 10.7. The normalized spacial score (nSPS) is 23.1. The van der Waals surface area contributed by atoms with E-state index in [0.29, 0.717) is 24.3 Å². The fourth-order valence-corrected chi connectivity index (χ4v) is 4.49. The molecule has 2 N–H and O–H groups in total. The smallest absolute Gasteiger partial charge is 0.249 e. The second-order valence-corrected chi connectivity index (χ2v) is 8.61. The highest BCUT2D eigenvalue weighted by molar-refractivity contribution is 5.96. The molecule has 5 nitrogen and oxygen atoms in total. The molecule has 1 aliphatic heterocycles. The van der Waals surface area contributed by atoms with E-state index in [1.54, 1.807) is 24.0 Å². The molecule has 1 aromatic carbocycles. The maximum Gasteiger partial charge on any atom is 0.249 e. The van der Waals surface area contributed by atoms with E-state index in [1.807, 2.05) is 6.92 Å². The molecule has 1 fully saturated rings. The molecule has 0 radical (unpaired) electrons. The molecule has 3 rings (SSSR count). The fourth-order valence-electron chi connectivity index (χ4n) is 4.49. The monoisotopic (exact) mass is 411 g/mol. The van der Waals surface area contributed by atoms with Gasteiger partial charge in [-0.15, -0.1) is 0 Å². The van der Waals surface area contributed by atoms with Crippen LogP contribution in [-0.2, 0) is 9.53 Å². The third-order valence-corrected chi connectivity index (χ3v) is 6.33. The molecule has 0 spiro atoms. The highest BCUT2D eigenvalue weighted by atomic mass is 16.5. The Balaban J connectivity index is 1.78. The number of hydrogen-bond donors (Lipinski definition) is 2. The van der Waals surface area contributed by atoms with Gasteiger partial charge in [0, 0.05) is 24.3 Å². The van der Waals surface area contributed by atoms with Gasteiger partial charge in [-0.25, -0.2) is 0 Å². The average Bonchev–Trinajstić information content (AvgIpc) is 2.67. The third-order valence-electron chi connectivity index (χ3n) is 6.33. The number of carbonyl (C=O) groups excluding carboxylic acids is 1. The van der Waals surface area contributed by atoms with Crippen LogP contribution in [0.3, 0.4) is 0 Å². The predicted molar refractivity (Wildman–Crippen MR) is 119 cm³/mol. The molecule has 0 bridgehead atoms. The number of carbonyl (C=O) groups is 1. The van der Waals surface area contributed by atoms with Crippen LogP contribution in [0.2, 0.25) is 0 Å². The molecule has 162 valence electrons. The minimum atomic E-state index is -0.672. The van der Waals surface area contributed by atoms with Crippen molar-refractivity contribution in [2.24, 2.45) is 0 Å². The molecule has 30 heavy (non-hydrogen) atoms. The first-order valence-electron chi connectivity index (χ1n) is 10.7. The molecule has 1 aromatic rings. The number of phenolic OH excluding ortho intramolecular Hbond substituents is 2. The van der Waals surface area contributed by atoms with Crippen LogP contribution in [0.15, 0.2) is 47.6 Å². The van der Waals surface area contributed by atoms with Gasteiger partial charge < -0.3 is 19.8 Å². The molecule has 5 heteroatoms. The van der Waals surface area contributed by atoms with Crippen molar-refractivity contribution in [1.29, 1.82) is 0 Å². The summed E-state index contributed by atoms with van der Waals surface area (Å²) in [5, 5.41) is 19.6. The van der Waals surface area contributed by atoms with Gasteiger partial charge in [0.1, 0.15) is 17.2 Å². The van der Waals surface area contributed by atoms with Crippen LogP contribution < -0.4 is 0 Å². The number of allylic oxidation sites excluding steroid dienone is 4. The second-order valence-electron chi connectivity index (χ2n) is 8.61. The molecule has 1 aliphatic carbocycles. The zero-order valence-electron chi connectivity index (χ0n) is 18.3. The van der Waals surface area contributed by atoms with Crippen LogP contribution in [0.5, 0.6) is 11.5 Å². The Kier molecular flexibility index (Phi) is 6.71. The van der Waals surface area contributed by atoms with Gasteiger partial charge >= 0.3 is 0 Å². The lowest BCUT2D eigenvalue weighted by Gasteiger charge is -2.44. The lowest BCUT2D eigenvalue weighted by atomic mass is 9.85. The van der Waals surface area contributed by atoms with Crippen LogP contribution >= 0.6 is 0 Å². The van der Waals surface area contributed by atoms with E-state index >= 15 is 0 Å². The van der Waals surface area contributed by atoms with Crippen molar-refractivity contribution in [3.8, 4) is 11.5 Å². The number of phenols is 2. The summed E-state index contributed by atoms with van der Waals surface area (Å²) in [4.78, 5) is 15.0. The van der Waals surface area contributed by atoms with Gasteiger partial charge in [0.15, 0.2) is 0 Å². The Labute approximate surface area is 179 Å². The van der Waals surface area contributed by atoms with Crippen molar-refractivity contribution in [3.05, 3.63) is 53.1 Å². The maximum absolute atomic E-state index is 13.2. The van der Waals surface area contributed by atoms with Crippen molar-refractivity contribution >= 4 is 11.5 Å². The zero-order chi connectivity index (χ0) is 21.9. The van der Waals surface area contributed by atoms with Crippen LogP contribution in [0.4, 0.5) is 0 Å². The van der Waals surface area contributed by atoms with Crippen LogP contribution in [-0.4, -0.2) is 39.9 Å². The van der Waals surface area contributed by atoms with E-state index in [0.717, 1.165) is 32.1 Å². The molecule has 1 heterocycles. The summed E-state index contributed by atoms with van der Waals surface area (Å²) in [5.74, 6) is -0.191. The van der Waals surface area contributed by atoms with Crippen molar-refractivity contribution in [1.82, 2.24) is 4.90 Å². The van der Waals surface area contributed by atoms with Gasteiger partial charge in [-0.05, 0) is 82.6 Å². The van der Waals surface area contributed by atoms with E-state index in [2.05, 4.69) is 13.5 Å². The second kappa shape index (κ2) is 9.09. The molecular weight excluding hydrogens is 378 g/mol. The van der Waals surface area contributed by atoms with Crippen molar-refractivity contribution < 1.29 is 19.7 Å². The molecule has 0 aromatic heterocycles. The van der Waals surface area contributed by atoms with Crippen molar-refractivity contribution in [2.75, 3.05) is 13.2 Å². The average molecular weight is 412 g/mol. The number of hydrogen-bond acceptors (Lipinski definition) is 4. The zero-order valence-corrected chi connectivity index (χ0v) is 18.3. The molecule has 1 unspecified atom stereocenters. The minimum Gasteiger partial charge on any atom is -0.508 e. The fraction of sp³-hybridized carbons (Fsp3) is 0.480. The van der Waals surface area contributed by atoms with Gasteiger partial charge in [-0.3, -0.25) is 4.79 Å². The molecule has 0 saturated carbocycles. The Morgan fingerprint density at radius 1 is 1.30 bits per heavy atom. The lowest BCUT2D eigenvalue weighted by molar-refractivity contribution is -0.186. The van der Waals surface area contributed by atoms with Crippen molar-refractivity contribution in [3.63, 3.8) is 0 Å². The molecular formula is C25H33NO4. The first kappa shape index (κ1) is 22.2. The first-order chi connectivity index (χ1) is 14.2. The quantitative estimate of drug-likeness (QED) is 0.645. The Hall–Kier alpha value is -2.53. The highest BCUT2D eigenvalue weighted by Crippen LogP contribution is 2.36. The largest absolute Gasteiger partial charge is 0.508 e. The van der Waals surface area contributed by atoms with Gasteiger partial charge in [0.25, 0.3) is 0 Å².